The highest BCUT2D eigenvalue weighted by Crippen LogP contribution is 2.24. The number of rotatable bonds is 1. The Kier molecular flexibility index (Phi) is 2.53. The summed E-state index contributed by atoms with van der Waals surface area (Å²) < 4.78 is 37.9. The van der Waals surface area contributed by atoms with Crippen LogP contribution in [0.25, 0.3) is 5.65 Å². The van der Waals surface area contributed by atoms with Crippen molar-refractivity contribution in [3.63, 3.8) is 0 Å². The van der Waals surface area contributed by atoms with Crippen molar-refractivity contribution in [2.45, 2.75) is 19.5 Å². The Morgan fingerprint density at radius 3 is 2.69 bits per heavy atom. The fourth-order valence-corrected chi connectivity index (χ4v) is 1.56. The molecule has 0 amide bonds. The molecule has 0 spiro atoms. The Balaban J connectivity index is 2.54. The van der Waals surface area contributed by atoms with Gasteiger partial charge in [-0.25, -0.2) is 0 Å². The van der Waals surface area contributed by atoms with Gasteiger partial charge in [-0.1, -0.05) is 11.6 Å². The second-order valence-electron chi connectivity index (χ2n) is 3.41. The summed E-state index contributed by atoms with van der Waals surface area (Å²) >= 11 is 5.91. The lowest BCUT2D eigenvalue weighted by atomic mass is 10.3. The van der Waals surface area contributed by atoms with Gasteiger partial charge in [-0.15, -0.1) is 10.2 Å². The van der Waals surface area contributed by atoms with Crippen LogP contribution in [-0.2, 0) is 6.42 Å². The third-order valence-electron chi connectivity index (χ3n) is 2.14. The number of hydrogen-bond acceptors (Lipinski definition) is 2. The molecule has 0 radical (unpaired) electrons. The summed E-state index contributed by atoms with van der Waals surface area (Å²) in [5.41, 5.74) is 1.00. The molecule has 2 aromatic rings. The van der Waals surface area contributed by atoms with Crippen LogP contribution in [0.5, 0.6) is 0 Å². The van der Waals surface area contributed by atoms with Gasteiger partial charge in [0, 0.05) is 6.20 Å². The van der Waals surface area contributed by atoms with E-state index < -0.39 is 12.6 Å². The topological polar surface area (TPSA) is 30.2 Å². The molecule has 86 valence electrons. The maximum absolute atomic E-state index is 12.2. The minimum Gasteiger partial charge on any atom is -0.285 e. The first-order valence-corrected chi connectivity index (χ1v) is 4.82. The predicted molar refractivity (Wildman–Crippen MR) is 52.5 cm³/mol. The summed E-state index contributed by atoms with van der Waals surface area (Å²) in [5.74, 6) is -0.163. The molecule has 7 heteroatoms. The van der Waals surface area contributed by atoms with Gasteiger partial charge in [0.05, 0.1) is 5.02 Å². The lowest BCUT2D eigenvalue weighted by Gasteiger charge is -2.05. The highest BCUT2D eigenvalue weighted by Gasteiger charge is 2.30. The van der Waals surface area contributed by atoms with E-state index in [9.17, 15) is 13.2 Å². The van der Waals surface area contributed by atoms with Gasteiger partial charge in [0.1, 0.15) is 12.2 Å². The fraction of sp³-hybridized carbons (Fsp3) is 0.333. The summed E-state index contributed by atoms with van der Waals surface area (Å²) in [5, 5.41) is 7.46. The molecular weight excluding hydrogens is 243 g/mol. The van der Waals surface area contributed by atoms with E-state index in [2.05, 4.69) is 10.2 Å². The van der Waals surface area contributed by atoms with E-state index in [4.69, 9.17) is 11.6 Å². The number of nitrogens with zero attached hydrogens (tertiary/aromatic N) is 3. The Morgan fingerprint density at radius 1 is 1.38 bits per heavy atom. The molecular formula is C9H7ClF3N3. The molecule has 0 aliphatic rings. The van der Waals surface area contributed by atoms with Crippen molar-refractivity contribution < 1.29 is 13.2 Å². The van der Waals surface area contributed by atoms with Crippen LogP contribution in [0.15, 0.2) is 12.3 Å². The van der Waals surface area contributed by atoms with Crippen LogP contribution in [0.3, 0.4) is 0 Å². The highest BCUT2D eigenvalue weighted by molar-refractivity contribution is 6.34. The number of halogens is 4. The van der Waals surface area contributed by atoms with Gasteiger partial charge < -0.3 is 0 Å². The largest absolute Gasteiger partial charge is 0.396 e. The van der Waals surface area contributed by atoms with Crippen LogP contribution in [0.2, 0.25) is 5.02 Å². The van der Waals surface area contributed by atoms with Crippen molar-refractivity contribution in [2.75, 3.05) is 0 Å². The molecule has 0 unspecified atom stereocenters. The monoisotopic (exact) mass is 249 g/mol. The second kappa shape index (κ2) is 3.62. The minimum absolute atomic E-state index is 0.163. The van der Waals surface area contributed by atoms with Gasteiger partial charge in [0.25, 0.3) is 0 Å². The molecule has 0 saturated carbocycles. The van der Waals surface area contributed by atoms with E-state index in [1.165, 1.54) is 10.6 Å². The fourth-order valence-electron chi connectivity index (χ4n) is 1.37. The average molecular weight is 250 g/mol. The van der Waals surface area contributed by atoms with Crippen LogP contribution in [0.4, 0.5) is 13.2 Å². The maximum atomic E-state index is 12.2. The minimum atomic E-state index is -4.31. The third-order valence-corrected chi connectivity index (χ3v) is 2.61. The van der Waals surface area contributed by atoms with Gasteiger partial charge in [0.2, 0.25) is 0 Å². The Hall–Kier alpha value is -1.30. The van der Waals surface area contributed by atoms with E-state index in [-0.39, 0.29) is 11.5 Å². The summed E-state index contributed by atoms with van der Waals surface area (Å²) in [6.45, 7) is 1.75. The van der Waals surface area contributed by atoms with Crippen LogP contribution >= 0.6 is 11.6 Å². The third kappa shape index (κ3) is 1.97. The van der Waals surface area contributed by atoms with E-state index >= 15 is 0 Å². The summed E-state index contributed by atoms with van der Waals surface area (Å²) in [4.78, 5) is 0. The zero-order chi connectivity index (χ0) is 11.9. The Morgan fingerprint density at radius 2 is 2.06 bits per heavy atom. The smallest absolute Gasteiger partial charge is 0.285 e. The Labute approximate surface area is 93.9 Å². The molecule has 2 rings (SSSR count). The number of fused-ring (bicyclic) bond motifs is 1. The first-order chi connectivity index (χ1) is 7.38. The van der Waals surface area contributed by atoms with Crippen molar-refractivity contribution in [2.24, 2.45) is 0 Å². The summed E-state index contributed by atoms with van der Waals surface area (Å²) in [7, 11) is 0. The zero-order valence-electron chi connectivity index (χ0n) is 8.22. The molecule has 0 aliphatic carbocycles. The average Bonchev–Trinajstić information content (AvgIpc) is 2.53. The molecule has 2 aromatic heterocycles. The standard InChI is InChI=1S/C9H7ClF3N3/c1-5-2-3-16-6(4-9(11,12)13)14-15-8(16)7(5)10/h2-3H,4H2,1H3. The number of aryl methyl sites for hydroxylation is 1. The van der Waals surface area contributed by atoms with Crippen molar-refractivity contribution >= 4 is 17.2 Å². The van der Waals surface area contributed by atoms with Gasteiger partial charge in [-0.05, 0) is 18.6 Å². The second-order valence-corrected chi connectivity index (χ2v) is 3.79. The van der Waals surface area contributed by atoms with Crippen molar-refractivity contribution in [1.29, 1.82) is 0 Å². The van der Waals surface area contributed by atoms with E-state index in [1.807, 2.05) is 0 Å². The van der Waals surface area contributed by atoms with Crippen LogP contribution in [-0.4, -0.2) is 20.8 Å². The number of alkyl halides is 3. The molecule has 0 atom stereocenters. The number of pyridine rings is 1. The molecule has 16 heavy (non-hydrogen) atoms. The number of aromatic nitrogens is 3. The molecule has 3 nitrogen and oxygen atoms in total. The highest BCUT2D eigenvalue weighted by atomic mass is 35.5. The first-order valence-electron chi connectivity index (χ1n) is 4.44. The SMILES string of the molecule is Cc1ccn2c(CC(F)(F)F)nnc2c1Cl. The van der Waals surface area contributed by atoms with Crippen LogP contribution < -0.4 is 0 Å². The molecule has 0 N–H and O–H groups in total. The maximum Gasteiger partial charge on any atom is 0.396 e. The predicted octanol–water partition coefficient (Wildman–Crippen LogP) is 2.80. The molecule has 0 fully saturated rings. The molecule has 0 aromatic carbocycles. The van der Waals surface area contributed by atoms with Crippen molar-refractivity contribution in [3.05, 3.63) is 28.7 Å². The summed E-state index contributed by atoms with van der Waals surface area (Å²) in [6, 6.07) is 1.62. The zero-order valence-corrected chi connectivity index (χ0v) is 8.97. The van der Waals surface area contributed by atoms with Crippen molar-refractivity contribution in [1.82, 2.24) is 14.6 Å². The van der Waals surface area contributed by atoms with E-state index in [0.29, 0.717) is 5.02 Å². The normalized spacial score (nSPS) is 12.3. The summed E-state index contributed by atoms with van der Waals surface area (Å²) in [6.07, 6.45) is -3.94. The lowest BCUT2D eigenvalue weighted by molar-refractivity contribution is -0.128. The first kappa shape index (κ1) is 11.2. The molecule has 0 bridgehead atoms. The van der Waals surface area contributed by atoms with E-state index in [1.54, 1.807) is 13.0 Å². The van der Waals surface area contributed by atoms with Gasteiger partial charge >= 0.3 is 6.18 Å². The Bertz CT molecular complexity index is 533. The van der Waals surface area contributed by atoms with Gasteiger partial charge in [0.15, 0.2) is 5.65 Å². The van der Waals surface area contributed by atoms with Gasteiger partial charge in [-0.2, -0.15) is 13.2 Å². The van der Waals surface area contributed by atoms with Crippen LogP contribution in [0, 0.1) is 6.92 Å². The lowest BCUT2D eigenvalue weighted by Crippen LogP contribution is -2.14. The van der Waals surface area contributed by atoms with E-state index in [0.717, 1.165) is 5.56 Å². The molecule has 0 saturated heterocycles. The van der Waals surface area contributed by atoms with Crippen LogP contribution in [0.1, 0.15) is 11.4 Å². The molecule has 2 heterocycles. The molecule has 0 aliphatic heterocycles. The quantitative estimate of drug-likeness (QED) is 0.778. The van der Waals surface area contributed by atoms with Gasteiger partial charge in [-0.3, -0.25) is 4.40 Å². The number of hydrogen-bond donors (Lipinski definition) is 0. The van der Waals surface area contributed by atoms with Crippen molar-refractivity contribution in [3.8, 4) is 0 Å².